The van der Waals surface area contributed by atoms with Gasteiger partial charge in [-0.1, -0.05) is 0 Å². The number of nitrogens with zero attached hydrogens (tertiary/aromatic N) is 2. The lowest BCUT2D eigenvalue weighted by Gasteiger charge is -2.38. The standard InChI is InChI=1S/C19H25N3O2/c1-12-8-17(13(2)22(12)3)19(24)21-18(15-10-16(23)11-15)9-14-4-6-20-7-5-14/h4-8,15-16,18,23H,9-11H2,1-3H3,(H,21,24). The fraction of sp³-hybridized carbons (Fsp3) is 0.474. The normalized spacial score (nSPS) is 21.2. The second-order valence-electron chi connectivity index (χ2n) is 6.87. The number of aliphatic hydroxyl groups excluding tert-OH is 1. The van der Waals surface area contributed by atoms with Crippen molar-refractivity contribution in [2.45, 2.75) is 45.3 Å². The molecular formula is C19H25N3O2. The molecule has 0 bridgehead atoms. The maximum atomic E-state index is 12.8. The average Bonchev–Trinajstić information content (AvgIpc) is 2.80. The molecule has 3 rings (SSSR count). The number of hydrogen-bond donors (Lipinski definition) is 2. The number of amides is 1. The van der Waals surface area contributed by atoms with Gasteiger partial charge in [0.05, 0.1) is 11.7 Å². The molecule has 1 saturated carbocycles. The zero-order valence-electron chi connectivity index (χ0n) is 14.5. The monoisotopic (exact) mass is 327 g/mol. The lowest BCUT2D eigenvalue weighted by atomic mass is 9.75. The fourth-order valence-electron chi connectivity index (χ4n) is 3.40. The molecule has 1 amide bonds. The first-order valence-corrected chi connectivity index (χ1v) is 8.46. The van der Waals surface area contributed by atoms with Crippen LogP contribution in [0.5, 0.6) is 0 Å². The van der Waals surface area contributed by atoms with Crippen LogP contribution in [-0.2, 0) is 13.5 Å². The van der Waals surface area contributed by atoms with Crippen LogP contribution >= 0.6 is 0 Å². The number of aryl methyl sites for hydroxylation is 1. The van der Waals surface area contributed by atoms with Gasteiger partial charge < -0.3 is 15.0 Å². The van der Waals surface area contributed by atoms with Crippen molar-refractivity contribution in [3.05, 3.63) is 53.1 Å². The van der Waals surface area contributed by atoms with Gasteiger partial charge in [-0.3, -0.25) is 9.78 Å². The number of hydrogen-bond acceptors (Lipinski definition) is 3. The summed E-state index contributed by atoms with van der Waals surface area (Å²) in [5, 5.41) is 12.8. The molecule has 5 nitrogen and oxygen atoms in total. The highest BCUT2D eigenvalue weighted by Gasteiger charge is 2.35. The predicted molar refractivity (Wildman–Crippen MR) is 92.8 cm³/mol. The zero-order valence-corrected chi connectivity index (χ0v) is 14.5. The maximum Gasteiger partial charge on any atom is 0.253 e. The third-order valence-corrected chi connectivity index (χ3v) is 5.26. The van der Waals surface area contributed by atoms with Crippen LogP contribution in [0.3, 0.4) is 0 Å². The molecule has 5 heteroatoms. The van der Waals surface area contributed by atoms with Gasteiger partial charge in [0, 0.05) is 36.9 Å². The topological polar surface area (TPSA) is 67.2 Å². The summed E-state index contributed by atoms with van der Waals surface area (Å²) in [4.78, 5) is 16.8. The zero-order chi connectivity index (χ0) is 17.3. The number of nitrogens with one attached hydrogen (secondary N) is 1. The molecule has 0 spiro atoms. The predicted octanol–water partition coefficient (Wildman–Crippen LogP) is 2.15. The Morgan fingerprint density at radius 1 is 1.38 bits per heavy atom. The van der Waals surface area contributed by atoms with Crippen molar-refractivity contribution in [2.75, 3.05) is 0 Å². The van der Waals surface area contributed by atoms with Gasteiger partial charge in [-0.05, 0) is 62.8 Å². The first-order valence-electron chi connectivity index (χ1n) is 8.46. The van der Waals surface area contributed by atoms with Crippen molar-refractivity contribution < 1.29 is 9.90 Å². The number of carbonyl (C=O) groups excluding carboxylic acids is 1. The van der Waals surface area contributed by atoms with Gasteiger partial charge in [-0.2, -0.15) is 0 Å². The van der Waals surface area contributed by atoms with Gasteiger partial charge >= 0.3 is 0 Å². The van der Waals surface area contributed by atoms with Gasteiger partial charge in [0.1, 0.15) is 0 Å². The van der Waals surface area contributed by atoms with Crippen LogP contribution in [0.25, 0.3) is 0 Å². The van der Waals surface area contributed by atoms with Crippen molar-refractivity contribution in [3.63, 3.8) is 0 Å². The smallest absolute Gasteiger partial charge is 0.253 e. The Hall–Kier alpha value is -2.14. The molecule has 1 unspecified atom stereocenters. The van der Waals surface area contributed by atoms with Gasteiger partial charge in [-0.25, -0.2) is 0 Å². The minimum atomic E-state index is -0.229. The van der Waals surface area contributed by atoms with Crippen molar-refractivity contribution in [2.24, 2.45) is 13.0 Å². The number of pyridine rings is 1. The molecule has 2 aromatic rings. The number of aliphatic hydroxyl groups is 1. The van der Waals surface area contributed by atoms with E-state index in [2.05, 4.69) is 10.3 Å². The average molecular weight is 327 g/mol. The number of aromatic nitrogens is 2. The molecule has 2 heterocycles. The third kappa shape index (κ3) is 3.36. The highest BCUT2D eigenvalue weighted by molar-refractivity contribution is 5.95. The van der Waals surface area contributed by atoms with E-state index < -0.39 is 0 Å². The van der Waals surface area contributed by atoms with E-state index in [-0.39, 0.29) is 18.1 Å². The molecule has 128 valence electrons. The molecule has 24 heavy (non-hydrogen) atoms. The summed E-state index contributed by atoms with van der Waals surface area (Å²) >= 11 is 0. The van der Waals surface area contributed by atoms with Crippen molar-refractivity contribution >= 4 is 5.91 Å². The molecule has 0 aliphatic heterocycles. The molecule has 1 atom stereocenters. The van der Waals surface area contributed by atoms with Crippen molar-refractivity contribution in [1.29, 1.82) is 0 Å². The second kappa shape index (κ2) is 6.77. The molecule has 0 saturated heterocycles. The molecule has 1 fully saturated rings. The first-order chi connectivity index (χ1) is 11.5. The summed E-state index contributed by atoms with van der Waals surface area (Å²) < 4.78 is 2.03. The molecule has 0 aromatic carbocycles. The molecular weight excluding hydrogens is 302 g/mol. The molecule has 1 aliphatic rings. The van der Waals surface area contributed by atoms with E-state index in [1.165, 1.54) is 0 Å². The SMILES string of the molecule is Cc1cc(C(=O)NC(Cc2ccncc2)C2CC(O)C2)c(C)n1C. The van der Waals surface area contributed by atoms with Gasteiger partial charge in [0.15, 0.2) is 0 Å². The molecule has 2 N–H and O–H groups in total. The Labute approximate surface area is 142 Å². The third-order valence-electron chi connectivity index (χ3n) is 5.26. The summed E-state index contributed by atoms with van der Waals surface area (Å²) in [6.45, 7) is 3.97. The van der Waals surface area contributed by atoms with Crippen LogP contribution < -0.4 is 5.32 Å². The highest BCUT2D eigenvalue weighted by atomic mass is 16.3. The van der Waals surface area contributed by atoms with E-state index in [9.17, 15) is 9.90 Å². The molecule has 1 aliphatic carbocycles. The quantitative estimate of drug-likeness (QED) is 0.884. The minimum absolute atomic E-state index is 0.0308. The Bertz CT molecular complexity index is 718. The van der Waals surface area contributed by atoms with Crippen LogP contribution in [0.4, 0.5) is 0 Å². The Morgan fingerprint density at radius 3 is 2.58 bits per heavy atom. The first kappa shape index (κ1) is 16.7. The lowest BCUT2D eigenvalue weighted by Crippen LogP contribution is -2.48. The van der Waals surface area contributed by atoms with Gasteiger partial charge in [0.2, 0.25) is 0 Å². The Kier molecular flexibility index (Phi) is 4.71. The van der Waals surface area contributed by atoms with Crippen LogP contribution in [0.15, 0.2) is 30.6 Å². The van der Waals surface area contributed by atoms with E-state index in [4.69, 9.17) is 0 Å². The summed E-state index contributed by atoms with van der Waals surface area (Å²) in [5.74, 6) is 0.291. The molecule has 2 aromatic heterocycles. The maximum absolute atomic E-state index is 12.8. The minimum Gasteiger partial charge on any atom is -0.393 e. The van der Waals surface area contributed by atoms with E-state index in [0.29, 0.717) is 5.92 Å². The summed E-state index contributed by atoms with van der Waals surface area (Å²) in [6.07, 6.45) is 5.58. The number of carbonyl (C=O) groups is 1. The van der Waals surface area contributed by atoms with Gasteiger partial charge in [0.25, 0.3) is 5.91 Å². The van der Waals surface area contributed by atoms with Crippen molar-refractivity contribution in [3.8, 4) is 0 Å². The largest absolute Gasteiger partial charge is 0.393 e. The molecule has 0 radical (unpaired) electrons. The van der Waals surface area contributed by atoms with E-state index in [0.717, 1.165) is 41.8 Å². The summed E-state index contributed by atoms with van der Waals surface area (Å²) in [7, 11) is 1.97. The van der Waals surface area contributed by atoms with Crippen LogP contribution in [0, 0.1) is 19.8 Å². The fourth-order valence-corrected chi connectivity index (χ4v) is 3.40. The Balaban J connectivity index is 1.76. The summed E-state index contributed by atoms with van der Waals surface area (Å²) in [5.41, 5.74) is 3.93. The highest BCUT2D eigenvalue weighted by Crippen LogP contribution is 2.32. The van der Waals surface area contributed by atoms with Gasteiger partial charge in [-0.15, -0.1) is 0 Å². The van der Waals surface area contributed by atoms with Crippen LogP contribution in [-0.4, -0.2) is 32.7 Å². The van der Waals surface area contributed by atoms with Crippen LogP contribution in [0.1, 0.15) is 40.2 Å². The van der Waals surface area contributed by atoms with Crippen LogP contribution in [0.2, 0.25) is 0 Å². The van der Waals surface area contributed by atoms with E-state index in [1.54, 1.807) is 12.4 Å². The lowest BCUT2D eigenvalue weighted by molar-refractivity contribution is 0.0239. The number of rotatable bonds is 5. The second-order valence-corrected chi connectivity index (χ2v) is 6.87. The summed E-state index contributed by atoms with van der Waals surface area (Å²) in [6, 6.07) is 5.92. The Morgan fingerprint density at radius 2 is 2.04 bits per heavy atom. The van der Waals surface area contributed by atoms with E-state index in [1.807, 2.05) is 43.7 Å². The van der Waals surface area contributed by atoms with E-state index >= 15 is 0 Å². The van der Waals surface area contributed by atoms with Crippen molar-refractivity contribution in [1.82, 2.24) is 14.9 Å².